The van der Waals surface area contributed by atoms with Crippen LogP contribution in [0, 0.1) is 6.92 Å². The Morgan fingerprint density at radius 2 is 1.92 bits per heavy atom. The van der Waals surface area contributed by atoms with Gasteiger partial charge in [0.25, 0.3) is 10.0 Å². The first kappa shape index (κ1) is 16.9. The van der Waals surface area contributed by atoms with Gasteiger partial charge in [0.05, 0.1) is 21.5 Å². The van der Waals surface area contributed by atoms with Gasteiger partial charge in [-0.3, -0.25) is 9.10 Å². The summed E-state index contributed by atoms with van der Waals surface area (Å²) in [5.41, 5.74) is 2.12. The summed E-state index contributed by atoms with van der Waals surface area (Å²) in [6.07, 6.45) is 0. The third kappa shape index (κ3) is 3.01. The van der Waals surface area contributed by atoms with E-state index in [4.69, 9.17) is 0 Å². The Labute approximate surface area is 146 Å². The zero-order valence-corrected chi connectivity index (χ0v) is 15.2. The molecule has 0 bridgehead atoms. The smallest absolute Gasteiger partial charge is 0.264 e. The van der Waals surface area contributed by atoms with Crippen molar-refractivity contribution in [2.75, 3.05) is 16.7 Å². The lowest BCUT2D eigenvalue weighted by Gasteiger charge is -2.24. The van der Waals surface area contributed by atoms with Gasteiger partial charge < -0.3 is 5.32 Å². The van der Waals surface area contributed by atoms with Gasteiger partial charge in [-0.15, -0.1) is 11.8 Å². The number of aryl methyl sites for hydroxylation is 1. The molecular weight excluding hydrogens is 344 g/mol. The molecule has 1 heterocycles. The second kappa shape index (κ2) is 6.14. The van der Waals surface area contributed by atoms with Gasteiger partial charge in [0, 0.05) is 11.9 Å². The number of carbonyl (C=O) groups excluding carboxylic acids is 1. The number of anilines is 2. The molecule has 0 aromatic heterocycles. The van der Waals surface area contributed by atoms with E-state index in [0.717, 1.165) is 10.5 Å². The molecule has 0 radical (unpaired) electrons. The van der Waals surface area contributed by atoms with E-state index in [1.807, 2.05) is 32.0 Å². The van der Waals surface area contributed by atoms with Crippen LogP contribution in [0.2, 0.25) is 0 Å². The molecule has 126 valence electrons. The van der Waals surface area contributed by atoms with Gasteiger partial charge in [0.15, 0.2) is 0 Å². The van der Waals surface area contributed by atoms with E-state index in [1.165, 1.54) is 29.2 Å². The molecule has 1 amide bonds. The normalized spacial score (nSPS) is 17.1. The van der Waals surface area contributed by atoms with Crippen molar-refractivity contribution in [3.05, 3.63) is 48.0 Å². The first-order valence-corrected chi connectivity index (χ1v) is 9.78. The Morgan fingerprint density at radius 1 is 1.17 bits per heavy atom. The van der Waals surface area contributed by atoms with Crippen LogP contribution in [0.15, 0.2) is 52.3 Å². The number of thioether (sulfide) groups is 1. The van der Waals surface area contributed by atoms with Gasteiger partial charge in [-0.1, -0.05) is 12.1 Å². The molecule has 0 fully saturated rings. The Hall–Kier alpha value is -1.99. The molecule has 2 aromatic carbocycles. The van der Waals surface area contributed by atoms with Crippen molar-refractivity contribution in [3.63, 3.8) is 0 Å². The van der Waals surface area contributed by atoms with E-state index in [0.29, 0.717) is 11.4 Å². The summed E-state index contributed by atoms with van der Waals surface area (Å²) in [5.74, 6) is -0.117. The average Bonchev–Trinajstić information content (AvgIpc) is 2.54. The molecule has 24 heavy (non-hydrogen) atoms. The number of benzene rings is 2. The summed E-state index contributed by atoms with van der Waals surface area (Å²) in [4.78, 5) is 12.8. The van der Waals surface area contributed by atoms with E-state index < -0.39 is 10.0 Å². The first-order chi connectivity index (χ1) is 11.3. The fraction of sp³-hybridized carbons (Fsp3) is 0.235. The van der Waals surface area contributed by atoms with Gasteiger partial charge in [-0.2, -0.15) is 0 Å². The Bertz CT molecular complexity index is 910. The van der Waals surface area contributed by atoms with Crippen LogP contribution in [-0.4, -0.2) is 26.6 Å². The lowest BCUT2D eigenvalue weighted by atomic mass is 10.2. The van der Waals surface area contributed by atoms with E-state index >= 15 is 0 Å². The number of amides is 1. The minimum atomic E-state index is -3.70. The van der Waals surface area contributed by atoms with E-state index in [2.05, 4.69) is 5.32 Å². The molecule has 5 nitrogen and oxygen atoms in total. The Morgan fingerprint density at radius 3 is 2.62 bits per heavy atom. The molecule has 2 aromatic rings. The molecule has 0 unspecified atom stereocenters. The highest BCUT2D eigenvalue weighted by atomic mass is 32.2. The SMILES string of the molecule is Cc1cccc(N(C)S(=O)(=O)c2ccc3c(c2)NC(=O)[C@H](C)S3)c1. The summed E-state index contributed by atoms with van der Waals surface area (Å²) in [6.45, 7) is 3.73. The third-order valence-electron chi connectivity index (χ3n) is 3.91. The van der Waals surface area contributed by atoms with Gasteiger partial charge in [-0.25, -0.2) is 8.42 Å². The summed E-state index contributed by atoms with van der Waals surface area (Å²) >= 11 is 1.43. The number of nitrogens with zero attached hydrogens (tertiary/aromatic N) is 1. The highest BCUT2D eigenvalue weighted by molar-refractivity contribution is 8.01. The van der Waals surface area contributed by atoms with Crippen LogP contribution >= 0.6 is 11.8 Å². The highest BCUT2D eigenvalue weighted by Gasteiger charge is 2.27. The van der Waals surface area contributed by atoms with Crippen molar-refractivity contribution >= 4 is 39.1 Å². The van der Waals surface area contributed by atoms with Gasteiger partial charge in [0.2, 0.25) is 5.91 Å². The van der Waals surface area contributed by atoms with Gasteiger partial charge in [0.1, 0.15) is 0 Å². The standard InChI is InChI=1S/C17H18N2O3S2/c1-11-5-4-6-13(9-11)19(3)24(21,22)14-7-8-16-15(10-14)18-17(20)12(2)23-16/h4-10,12H,1-3H3,(H,18,20)/t12-/m0/s1. The van der Waals surface area contributed by atoms with Crippen molar-refractivity contribution in [1.82, 2.24) is 0 Å². The Kier molecular flexibility index (Phi) is 4.31. The number of hydrogen-bond donors (Lipinski definition) is 1. The molecule has 1 aliphatic rings. The lowest BCUT2D eigenvalue weighted by Crippen LogP contribution is -2.28. The Balaban J connectivity index is 1.99. The van der Waals surface area contributed by atoms with Crippen LogP contribution in [-0.2, 0) is 14.8 Å². The van der Waals surface area contributed by atoms with Crippen molar-refractivity contribution < 1.29 is 13.2 Å². The maximum atomic E-state index is 12.9. The molecule has 1 aliphatic heterocycles. The van der Waals surface area contributed by atoms with Crippen LogP contribution < -0.4 is 9.62 Å². The average molecular weight is 362 g/mol. The van der Waals surface area contributed by atoms with Gasteiger partial charge in [-0.05, 0) is 49.7 Å². The lowest BCUT2D eigenvalue weighted by molar-refractivity contribution is -0.115. The number of carbonyl (C=O) groups is 1. The maximum Gasteiger partial charge on any atom is 0.264 e. The predicted molar refractivity (Wildman–Crippen MR) is 97.2 cm³/mol. The fourth-order valence-corrected chi connectivity index (χ4v) is 4.61. The predicted octanol–water partition coefficient (Wildman–Crippen LogP) is 3.25. The molecule has 0 aliphatic carbocycles. The largest absolute Gasteiger partial charge is 0.324 e. The van der Waals surface area contributed by atoms with Crippen LogP contribution in [0.3, 0.4) is 0 Å². The number of fused-ring (bicyclic) bond motifs is 1. The van der Waals surface area contributed by atoms with Crippen molar-refractivity contribution in [2.45, 2.75) is 28.9 Å². The monoisotopic (exact) mass is 362 g/mol. The number of nitrogens with one attached hydrogen (secondary N) is 1. The van der Waals surface area contributed by atoms with Crippen LogP contribution in [0.4, 0.5) is 11.4 Å². The first-order valence-electron chi connectivity index (χ1n) is 7.46. The highest BCUT2D eigenvalue weighted by Crippen LogP contribution is 2.37. The zero-order valence-electron chi connectivity index (χ0n) is 13.6. The molecule has 3 rings (SSSR count). The second-order valence-corrected chi connectivity index (χ2v) is 9.07. The molecule has 1 atom stereocenters. The van der Waals surface area contributed by atoms with E-state index in [1.54, 1.807) is 18.2 Å². The maximum absolute atomic E-state index is 12.9. The quantitative estimate of drug-likeness (QED) is 0.910. The summed E-state index contributed by atoms with van der Waals surface area (Å²) < 4.78 is 27.0. The van der Waals surface area contributed by atoms with Crippen LogP contribution in [0.1, 0.15) is 12.5 Å². The van der Waals surface area contributed by atoms with Gasteiger partial charge >= 0.3 is 0 Å². The van der Waals surface area contributed by atoms with E-state index in [9.17, 15) is 13.2 Å². The molecule has 1 N–H and O–H groups in total. The van der Waals surface area contributed by atoms with Crippen LogP contribution in [0.5, 0.6) is 0 Å². The van der Waals surface area contributed by atoms with Crippen molar-refractivity contribution in [2.24, 2.45) is 0 Å². The number of rotatable bonds is 3. The fourth-order valence-electron chi connectivity index (χ4n) is 2.47. The zero-order chi connectivity index (χ0) is 17.5. The van der Waals surface area contributed by atoms with Crippen molar-refractivity contribution in [3.8, 4) is 0 Å². The van der Waals surface area contributed by atoms with E-state index in [-0.39, 0.29) is 16.1 Å². The van der Waals surface area contributed by atoms with Crippen LogP contribution in [0.25, 0.3) is 0 Å². The number of sulfonamides is 1. The minimum absolute atomic E-state index is 0.117. The molecule has 0 saturated heterocycles. The molecule has 0 saturated carbocycles. The summed E-state index contributed by atoms with van der Waals surface area (Å²) in [5, 5.41) is 2.58. The minimum Gasteiger partial charge on any atom is -0.324 e. The third-order valence-corrected chi connectivity index (χ3v) is 6.86. The molecule has 7 heteroatoms. The topological polar surface area (TPSA) is 66.5 Å². The number of hydrogen-bond acceptors (Lipinski definition) is 4. The van der Waals surface area contributed by atoms with Crippen molar-refractivity contribution in [1.29, 1.82) is 0 Å². The molecule has 0 spiro atoms. The summed E-state index contributed by atoms with van der Waals surface area (Å²) in [6, 6.07) is 12.1. The second-order valence-electron chi connectivity index (χ2n) is 5.72. The molecular formula is C17H18N2O3S2. The summed E-state index contributed by atoms with van der Waals surface area (Å²) in [7, 11) is -2.17.